The molecule has 0 saturated carbocycles. The molecule has 0 bridgehead atoms. The maximum absolute atomic E-state index is 11.3. The molecule has 0 radical (unpaired) electrons. The SMILES string of the molecule is CN=C(NCc1ccccc1COc1ccccc1Cl)N1CCCC(CC(N)=O)C1.I. The number of guanidine groups is 1. The fourth-order valence-corrected chi connectivity index (χ4v) is 3.99. The van der Waals surface area contributed by atoms with Crippen molar-refractivity contribution in [3.63, 3.8) is 0 Å². The number of aliphatic imine (C=N–C) groups is 1. The molecule has 31 heavy (non-hydrogen) atoms. The standard InChI is InChI=1S/C23H29ClN4O2.HI/c1-26-23(28-12-6-7-17(15-28)13-22(25)29)27-14-18-8-2-3-9-19(18)16-30-21-11-5-4-10-20(21)24;/h2-5,8-11,17H,6-7,12-16H2,1H3,(H2,25,29)(H,26,27);1H. The van der Waals surface area contributed by atoms with Crippen LogP contribution in [0, 0.1) is 5.92 Å². The third-order valence-electron chi connectivity index (χ3n) is 5.30. The van der Waals surface area contributed by atoms with Crippen LogP contribution in [0.25, 0.3) is 0 Å². The number of amides is 1. The highest BCUT2D eigenvalue weighted by Gasteiger charge is 2.23. The average molecular weight is 557 g/mol. The number of ether oxygens (including phenoxy) is 1. The first-order valence-corrected chi connectivity index (χ1v) is 10.6. The number of likely N-dealkylation sites (tertiary alicyclic amines) is 1. The van der Waals surface area contributed by atoms with Gasteiger partial charge in [-0.15, -0.1) is 24.0 Å². The Morgan fingerprint density at radius 1 is 1.23 bits per heavy atom. The molecule has 2 aromatic rings. The highest BCUT2D eigenvalue weighted by molar-refractivity contribution is 14.0. The molecule has 0 aliphatic carbocycles. The Morgan fingerprint density at radius 3 is 2.65 bits per heavy atom. The normalized spacial score (nSPS) is 16.4. The van der Waals surface area contributed by atoms with Crippen LogP contribution >= 0.6 is 35.6 Å². The predicted molar refractivity (Wildman–Crippen MR) is 136 cm³/mol. The number of carbonyl (C=O) groups is 1. The third kappa shape index (κ3) is 7.57. The second-order valence-electron chi connectivity index (χ2n) is 7.51. The summed E-state index contributed by atoms with van der Waals surface area (Å²) in [7, 11) is 1.78. The van der Waals surface area contributed by atoms with E-state index in [1.54, 1.807) is 7.05 Å². The molecule has 1 saturated heterocycles. The Labute approximate surface area is 206 Å². The topological polar surface area (TPSA) is 80.0 Å². The summed E-state index contributed by atoms with van der Waals surface area (Å²) >= 11 is 6.19. The van der Waals surface area contributed by atoms with Gasteiger partial charge >= 0.3 is 0 Å². The second-order valence-corrected chi connectivity index (χ2v) is 7.92. The number of hydrogen-bond acceptors (Lipinski definition) is 3. The second kappa shape index (κ2) is 12.8. The molecule has 1 heterocycles. The summed E-state index contributed by atoms with van der Waals surface area (Å²) in [6.45, 7) is 2.78. The molecule has 168 valence electrons. The summed E-state index contributed by atoms with van der Waals surface area (Å²) in [4.78, 5) is 17.9. The summed E-state index contributed by atoms with van der Waals surface area (Å²) in [5, 5.41) is 4.06. The van der Waals surface area contributed by atoms with E-state index < -0.39 is 0 Å². The minimum atomic E-state index is -0.239. The van der Waals surface area contributed by atoms with Gasteiger partial charge in [0.05, 0.1) is 5.02 Å². The Kier molecular flexibility index (Phi) is 10.4. The van der Waals surface area contributed by atoms with Gasteiger partial charge in [0.1, 0.15) is 12.4 Å². The Morgan fingerprint density at radius 2 is 1.94 bits per heavy atom. The van der Waals surface area contributed by atoms with Crippen LogP contribution in [-0.4, -0.2) is 36.9 Å². The molecule has 2 aromatic carbocycles. The van der Waals surface area contributed by atoms with Gasteiger partial charge < -0.3 is 20.7 Å². The zero-order valence-corrected chi connectivity index (χ0v) is 20.8. The van der Waals surface area contributed by atoms with E-state index in [9.17, 15) is 4.79 Å². The number of hydrogen-bond donors (Lipinski definition) is 2. The molecule has 1 aliphatic heterocycles. The predicted octanol–water partition coefficient (Wildman–Crippen LogP) is 4.20. The molecule has 1 amide bonds. The fourth-order valence-electron chi connectivity index (χ4n) is 3.80. The number of primary amides is 1. The third-order valence-corrected chi connectivity index (χ3v) is 5.61. The van der Waals surface area contributed by atoms with Gasteiger partial charge in [0, 0.05) is 33.1 Å². The van der Waals surface area contributed by atoms with E-state index in [1.807, 2.05) is 36.4 Å². The van der Waals surface area contributed by atoms with Crippen LogP contribution in [0.2, 0.25) is 5.02 Å². The lowest BCUT2D eigenvalue weighted by atomic mass is 9.95. The van der Waals surface area contributed by atoms with Gasteiger partial charge in [-0.3, -0.25) is 9.79 Å². The summed E-state index contributed by atoms with van der Waals surface area (Å²) in [6, 6.07) is 15.6. The summed E-state index contributed by atoms with van der Waals surface area (Å²) < 4.78 is 5.92. The fraction of sp³-hybridized carbons (Fsp3) is 0.391. The number of nitrogens with one attached hydrogen (secondary N) is 1. The van der Waals surface area contributed by atoms with Gasteiger partial charge in [0.25, 0.3) is 0 Å². The van der Waals surface area contributed by atoms with Crippen molar-refractivity contribution in [2.75, 3.05) is 20.1 Å². The lowest BCUT2D eigenvalue weighted by molar-refractivity contribution is -0.119. The van der Waals surface area contributed by atoms with Crippen molar-refractivity contribution in [2.24, 2.45) is 16.6 Å². The Balaban J connectivity index is 0.00000341. The molecule has 1 atom stereocenters. The first-order valence-electron chi connectivity index (χ1n) is 10.2. The zero-order chi connectivity index (χ0) is 21.3. The largest absolute Gasteiger partial charge is 0.487 e. The zero-order valence-electron chi connectivity index (χ0n) is 17.7. The highest BCUT2D eigenvalue weighted by Crippen LogP contribution is 2.25. The van der Waals surface area contributed by atoms with Gasteiger partial charge in [-0.1, -0.05) is 48.0 Å². The van der Waals surface area contributed by atoms with E-state index in [4.69, 9.17) is 22.1 Å². The number of piperidine rings is 1. The van der Waals surface area contributed by atoms with Gasteiger partial charge in [-0.25, -0.2) is 0 Å². The molecule has 1 fully saturated rings. The maximum atomic E-state index is 11.3. The maximum Gasteiger partial charge on any atom is 0.217 e. The van der Waals surface area contributed by atoms with Crippen LogP contribution in [0.4, 0.5) is 0 Å². The number of nitrogens with zero attached hydrogens (tertiary/aromatic N) is 2. The number of para-hydroxylation sites is 1. The minimum absolute atomic E-state index is 0. The van der Waals surface area contributed by atoms with Crippen LogP contribution in [0.3, 0.4) is 0 Å². The van der Waals surface area contributed by atoms with Crippen molar-refractivity contribution in [3.05, 3.63) is 64.7 Å². The van der Waals surface area contributed by atoms with Crippen LogP contribution in [-0.2, 0) is 17.9 Å². The molecule has 1 unspecified atom stereocenters. The smallest absolute Gasteiger partial charge is 0.217 e. The number of carbonyl (C=O) groups excluding carboxylic acids is 1. The molecular formula is C23H30ClIN4O2. The molecule has 6 nitrogen and oxygen atoms in total. The minimum Gasteiger partial charge on any atom is -0.487 e. The van der Waals surface area contributed by atoms with Crippen LogP contribution in [0.1, 0.15) is 30.4 Å². The number of benzene rings is 2. The van der Waals surface area contributed by atoms with E-state index >= 15 is 0 Å². The van der Waals surface area contributed by atoms with Gasteiger partial charge in [-0.2, -0.15) is 0 Å². The number of halogens is 2. The molecule has 0 spiro atoms. The van der Waals surface area contributed by atoms with Gasteiger partial charge in [0.15, 0.2) is 5.96 Å². The van der Waals surface area contributed by atoms with Crippen LogP contribution < -0.4 is 15.8 Å². The summed E-state index contributed by atoms with van der Waals surface area (Å²) in [5.74, 6) is 1.56. The Bertz CT molecular complexity index is 893. The molecule has 8 heteroatoms. The van der Waals surface area contributed by atoms with Crippen molar-refractivity contribution in [1.29, 1.82) is 0 Å². The van der Waals surface area contributed by atoms with E-state index in [0.29, 0.717) is 30.3 Å². The molecular weight excluding hydrogens is 527 g/mol. The summed E-state index contributed by atoms with van der Waals surface area (Å²) in [5.41, 5.74) is 7.61. The lowest BCUT2D eigenvalue weighted by Gasteiger charge is -2.34. The lowest BCUT2D eigenvalue weighted by Crippen LogP contribution is -2.47. The Hall–Kier alpha value is -2.00. The van der Waals surface area contributed by atoms with E-state index in [-0.39, 0.29) is 35.8 Å². The van der Waals surface area contributed by atoms with E-state index in [2.05, 4.69) is 27.3 Å². The van der Waals surface area contributed by atoms with Crippen molar-refractivity contribution in [1.82, 2.24) is 10.2 Å². The average Bonchev–Trinajstić information content (AvgIpc) is 2.74. The molecule has 0 aromatic heterocycles. The van der Waals surface area contributed by atoms with Crippen molar-refractivity contribution < 1.29 is 9.53 Å². The van der Waals surface area contributed by atoms with Crippen molar-refractivity contribution in [2.45, 2.75) is 32.4 Å². The first kappa shape index (κ1) is 25.3. The summed E-state index contributed by atoms with van der Waals surface area (Å²) in [6.07, 6.45) is 2.48. The van der Waals surface area contributed by atoms with Gasteiger partial charge in [-0.05, 0) is 42.0 Å². The van der Waals surface area contributed by atoms with Crippen LogP contribution in [0.5, 0.6) is 5.75 Å². The molecule has 1 aliphatic rings. The van der Waals surface area contributed by atoms with Crippen LogP contribution in [0.15, 0.2) is 53.5 Å². The number of nitrogens with two attached hydrogens (primary N) is 1. The van der Waals surface area contributed by atoms with Crippen molar-refractivity contribution >= 4 is 47.4 Å². The molecule has 3 N–H and O–H groups in total. The van der Waals surface area contributed by atoms with E-state index in [1.165, 1.54) is 0 Å². The molecule has 3 rings (SSSR count). The van der Waals surface area contributed by atoms with E-state index in [0.717, 1.165) is 43.0 Å². The number of rotatable bonds is 7. The van der Waals surface area contributed by atoms with Crippen molar-refractivity contribution in [3.8, 4) is 5.75 Å². The van der Waals surface area contributed by atoms with Gasteiger partial charge in [0.2, 0.25) is 5.91 Å². The highest BCUT2D eigenvalue weighted by atomic mass is 127. The monoisotopic (exact) mass is 556 g/mol. The first-order chi connectivity index (χ1) is 14.6. The quantitative estimate of drug-likeness (QED) is 0.304.